The minimum atomic E-state index is -0.847. The van der Waals surface area contributed by atoms with Crippen LogP contribution in [0.5, 0.6) is 0 Å². The Labute approximate surface area is 130 Å². The van der Waals surface area contributed by atoms with E-state index >= 15 is 0 Å². The Kier molecular flexibility index (Phi) is 4.52. The molecule has 6 nitrogen and oxygen atoms in total. The van der Waals surface area contributed by atoms with E-state index in [1.165, 1.54) is 6.33 Å². The van der Waals surface area contributed by atoms with Gasteiger partial charge in [-0.3, -0.25) is 0 Å². The van der Waals surface area contributed by atoms with Gasteiger partial charge in [0.1, 0.15) is 25.3 Å². The van der Waals surface area contributed by atoms with Crippen LogP contribution in [-0.2, 0) is 26.5 Å². The van der Waals surface area contributed by atoms with Crippen LogP contribution < -0.4 is 0 Å². The highest BCUT2D eigenvalue weighted by atomic mass is 16.8. The van der Waals surface area contributed by atoms with Crippen molar-refractivity contribution in [1.82, 2.24) is 14.8 Å². The molecule has 1 fully saturated rings. The van der Waals surface area contributed by atoms with E-state index in [-0.39, 0.29) is 12.2 Å². The first kappa shape index (κ1) is 15.1. The summed E-state index contributed by atoms with van der Waals surface area (Å²) in [7, 11) is 0. The molecule has 22 heavy (non-hydrogen) atoms. The molecule has 1 saturated heterocycles. The molecule has 3 rings (SSSR count). The molecule has 1 aliphatic rings. The Hall–Kier alpha value is -1.76. The summed E-state index contributed by atoms with van der Waals surface area (Å²) < 4.78 is 19.6. The lowest BCUT2D eigenvalue weighted by molar-refractivity contribution is -0.194. The fourth-order valence-electron chi connectivity index (χ4n) is 2.49. The maximum atomic E-state index is 6.22. The largest absolute Gasteiger partial charge is 0.376 e. The van der Waals surface area contributed by atoms with E-state index in [9.17, 15) is 0 Å². The summed E-state index contributed by atoms with van der Waals surface area (Å²) in [5.74, 6) is -0.847. The molecule has 0 aliphatic carbocycles. The molecule has 118 valence electrons. The van der Waals surface area contributed by atoms with E-state index in [2.05, 4.69) is 10.1 Å². The highest BCUT2D eigenvalue weighted by Gasteiger charge is 2.44. The maximum Gasteiger partial charge on any atom is 0.215 e. The standard InChI is InChI=1S/C16H21N3O3/c1-13(2)20-8-15-9-21-16(22-15,10-19-12-17-11-18-19)14-6-4-3-5-7-14/h3-7,11-13,15H,8-10H2,1-2H3. The number of benzene rings is 1. The van der Waals surface area contributed by atoms with Gasteiger partial charge in [-0.25, -0.2) is 9.67 Å². The van der Waals surface area contributed by atoms with Crippen LogP contribution >= 0.6 is 0 Å². The molecule has 2 atom stereocenters. The van der Waals surface area contributed by atoms with Crippen LogP contribution in [0.15, 0.2) is 43.0 Å². The second kappa shape index (κ2) is 6.56. The van der Waals surface area contributed by atoms with Gasteiger partial charge in [0.15, 0.2) is 0 Å². The summed E-state index contributed by atoms with van der Waals surface area (Å²) in [6.45, 7) is 5.49. The molecule has 6 heteroatoms. The molecule has 0 radical (unpaired) electrons. The molecule has 0 N–H and O–H groups in total. The zero-order valence-electron chi connectivity index (χ0n) is 12.9. The molecule has 1 aromatic heterocycles. The van der Waals surface area contributed by atoms with Crippen molar-refractivity contribution in [2.45, 2.75) is 38.4 Å². The molecule has 1 aromatic carbocycles. The second-order valence-corrected chi connectivity index (χ2v) is 5.64. The van der Waals surface area contributed by atoms with E-state index < -0.39 is 5.79 Å². The van der Waals surface area contributed by atoms with Crippen LogP contribution in [0.2, 0.25) is 0 Å². The van der Waals surface area contributed by atoms with Gasteiger partial charge in [0.25, 0.3) is 0 Å². The molecule has 2 heterocycles. The third-order valence-corrected chi connectivity index (χ3v) is 3.53. The first-order chi connectivity index (χ1) is 10.7. The van der Waals surface area contributed by atoms with Crippen LogP contribution in [0.4, 0.5) is 0 Å². The summed E-state index contributed by atoms with van der Waals surface area (Å²) in [5, 5.41) is 4.16. The first-order valence-corrected chi connectivity index (χ1v) is 7.49. The summed E-state index contributed by atoms with van der Waals surface area (Å²) >= 11 is 0. The Morgan fingerprint density at radius 3 is 2.86 bits per heavy atom. The van der Waals surface area contributed by atoms with Gasteiger partial charge in [-0.2, -0.15) is 5.10 Å². The van der Waals surface area contributed by atoms with Gasteiger partial charge in [0.05, 0.1) is 19.3 Å². The Bertz CT molecular complexity index is 574. The predicted molar refractivity (Wildman–Crippen MR) is 80.1 cm³/mol. The molecular weight excluding hydrogens is 282 g/mol. The quantitative estimate of drug-likeness (QED) is 0.816. The van der Waals surface area contributed by atoms with Gasteiger partial charge in [-0.05, 0) is 13.8 Å². The van der Waals surface area contributed by atoms with E-state index in [1.807, 2.05) is 44.2 Å². The maximum absolute atomic E-state index is 6.22. The molecule has 0 saturated carbocycles. The van der Waals surface area contributed by atoms with E-state index in [0.29, 0.717) is 19.8 Å². The van der Waals surface area contributed by atoms with E-state index in [4.69, 9.17) is 14.2 Å². The van der Waals surface area contributed by atoms with Crippen LogP contribution in [0, 0.1) is 0 Å². The molecule has 2 aromatic rings. The average Bonchev–Trinajstić information content (AvgIpc) is 3.17. The summed E-state index contributed by atoms with van der Waals surface area (Å²) in [6, 6.07) is 9.93. The number of aromatic nitrogens is 3. The van der Waals surface area contributed by atoms with Gasteiger partial charge in [0, 0.05) is 5.56 Å². The lowest BCUT2D eigenvalue weighted by Crippen LogP contribution is -2.34. The first-order valence-electron chi connectivity index (χ1n) is 7.49. The van der Waals surface area contributed by atoms with Crippen LogP contribution in [-0.4, -0.2) is 40.2 Å². The third-order valence-electron chi connectivity index (χ3n) is 3.53. The summed E-state index contributed by atoms with van der Waals surface area (Å²) in [5.41, 5.74) is 0.970. The van der Waals surface area contributed by atoms with Crippen molar-refractivity contribution in [3.8, 4) is 0 Å². The van der Waals surface area contributed by atoms with E-state index in [1.54, 1.807) is 11.0 Å². The zero-order valence-corrected chi connectivity index (χ0v) is 12.9. The predicted octanol–water partition coefficient (Wildman–Crippen LogP) is 1.97. The van der Waals surface area contributed by atoms with Gasteiger partial charge < -0.3 is 14.2 Å². The van der Waals surface area contributed by atoms with Crippen molar-refractivity contribution in [2.75, 3.05) is 13.2 Å². The molecule has 0 amide bonds. The normalized spacial score (nSPS) is 25.0. The van der Waals surface area contributed by atoms with Crippen LogP contribution in [0.3, 0.4) is 0 Å². The lowest BCUT2D eigenvalue weighted by Gasteiger charge is -2.28. The number of hydrogen-bond acceptors (Lipinski definition) is 5. The Balaban J connectivity index is 1.79. The van der Waals surface area contributed by atoms with Crippen molar-refractivity contribution < 1.29 is 14.2 Å². The Morgan fingerprint density at radius 2 is 2.18 bits per heavy atom. The van der Waals surface area contributed by atoms with E-state index in [0.717, 1.165) is 5.56 Å². The number of nitrogens with zero attached hydrogens (tertiary/aromatic N) is 3. The third kappa shape index (κ3) is 3.35. The smallest absolute Gasteiger partial charge is 0.215 e. The van der Waals surface area contributed by atoms with Crippen LogP contribution in [0.1, 0.15) is 19.4 Å². The van der Waals surface area contributed by atoms with Crippen molar-refractivity contribution in [3.05, 3.63) is 48.5 Å². The highest BCUT2D eigenvalue weighted by molar-refractivity contribution is 5.21. The lowest BCUT2D eigenvalue weighted by atomic mass is 10.1. The average molecular weight is 303 g/mol. The van der Waals surface area contributed by atoms with Gasteiger partial charge >= 0.3 is 0 Å². The summed E-state index contributed by atoms with van der Waals surface area (Å²) in [6.07, 6.45) is 3.25. The van der Waals surface area contributed by atoms with Gasteiger partial charge in [-0.1, -0.05) is 30.3 Å². The topological polar surface area (TPSA) is 58.4 Å². The summed E-state index contributed by atoms with van der Waals surface area (Å²) in [4.78, 5) is 3.98. The molecular formula is C16H21N3O3. The minimum absolute atomic E-state index is 0.0915. The second-order valence-electron chi connectivity index (χ2n) is 5.64. The molecule has 2 unspecified atom stereocenters. The molecule has 0 spiro atoms. The highest BCUT2D eigenvalue weighted by Crippen LogP contribution is 2.35. The molecule has 0 bridgehead atoms. The number of ether oxygens (including phenoxy) is 3. The zero-order chi connectivity index (χ0) is 15.4. The van der Waals surface area contributed by atoms with Crippen molar-refractivity contribution >= 4 is 0 Å². The number of rotatable bonds is 6. The van der Waals surface area contributed by atoms with Gasteiger partial charge in [0.2, 0.25) is 5.79 Å². The monoisotopic (exact) mass is 303 g/mol. The molecule has 1 aliphatic heterocycles. The van der Waals surface area contributed by atoms with Gasteiger partial charge in [-0.15, -0.1) is 0 Å². The SMILES string of the molecule is CC(C)OCC1COC(Cn2cncn2)(c2ccccc2)O1. The van der Waals surface area contributed by atoms with Crippen molar-refractivity contribution in [1.29, 1.82) is 0 Å². The van der Waals surface area contributed by atoms with Crippen LogP contribution in [0.25, 0.3) is 0 Å². The van der Waals surface area contributed by atoms with Crippen molar-refractivity contribution in [3.63, 3.8) is 0 Å². The fraction of sp³-hybridized carbons (Fsp3) is 0.500. The fourth-order valence-corrected chi connectivity index (χ4v) is 2.49. The number of hydrogen-bond donors (Lipinski definition) is 0. The Morgan fingerprint density at radius 1 is 1.36 bits per heavy atom. The van der Waals surface area contributed by atoms with Crippen molar-refractivity contribution in [2.24, 2.45) is 0 Å². The minimum Gasteiger partial charge on any atom is -0.376 e.